The fraction of sp³-hybridized carbons (Fsp3) is 0.286. The predicted octanol–water partition coefficient (Wildman–Crippen LogP) is 0.675. The molecule has 1 radical (unpaired) electrons. The second kappa shape index (κ2) is 3.00. The van der Waals surface area contributed by atoms with E-state index in [0.29, 0.717) is 0 Å². The van der Waals surface area contributed by atoms with Gasteiger partial charge in [0.1, 0.15) is 0 Å². The standard InChI is InChI=1S/C7H8NO2S/c1-2-11(9,10)7-3-5-8-6-4-7/h3-5H,2H2,1H3. The minimum Gasteiger partial charge on any atom is -0.255 e. The summed E-state index contributed by atoms with van der Waals surface area (Å²) in [5, 5.41) is 0. The number of hydrogen-bond acceptors (Lipinski definition) is 3. The molecule has 0 N–H and O–H groups in total. The minimum absolute atomic E-state index is 0.116. The molecule has 1 aromatic heterocycles. The largest absolute Gasteiger partial charge is 0.255 e. The maximum atomic E-state index is 11.2. The molecule has 0 saturated carbocycles. The number of aromatic nitrogens is 1. The summed E-state index contributed by atoms with van der Waals surface area (Å²) < 4.78 is 22.3. The molecule has 59 valence electrons. The predicted molar refractivity (Wildman–Crippen MR) is 40.8 cm³/mol. The highest BCUT2D eigenvalue weighted by Gasteiger charge is 2.09. The molecule has 1 rings (SSSR count). The Labute approximate surface area is 66.0 Å². The molecule has 0 fully saturated rings. The van der Waals surface area contributed by atoms with Crippen LogP contribution in [0.15, 0.2) is 23.2 Å². The fourth-order valence-electron chi connectivity index (χ4n) is 0.663. The summed E-state index contributed by atoms with van der Waals surface area (Å²) in [4.78, 5) is 3.89. The zero-order valence-electron chi connectivity index (χ0n) is 6.11. The third kappa shape index (κ3) is 1.77. The molecule has 3 nitrogen and oxygen atoms in total. The fourth-order valence-corrected chi connectivity index (χ4v) is 1.50. The molecule has 4 heteroatoms. The molecule has 0 amide bonds. The highest BCUT2D eigenvalue weighted by Crippen LogP contribution is 2.07. The monoisotopic (exact) mass is 170 g/mol. The lowest BCUT2D eigenvalue weighted by Crippen LogP contribution is -2.03. The van der Waals surface area contributed by atoms with E-state index in [1.54, 1.807) is 6.92 Å². The highest BCUT2D eigenvalue weighted by molar-refractivity contribution is 7.91. The molecule has 0 unspecified atom stereocenters. The second-order valence-corrected chi connectivity index (χ2v) is 4.30. The Morgan fingerprint density at radius 3 is 2.82 bits per heavy atom. The maximum absolute atomic E-state index is 11.2. The number of sulfone groups is 1. The van der Waals surface area contributed by atoms with Gasteiger partial charge >= 0.3 is 0 Å². The summed E-state index contributed by atoms with van der Waals surface area (Å²) in [5.74, 6) is 0.116. The average Bonchev–Trinajstić information content (AvgIpc) is 2.06. The Morgan fingerprint density at radius 1 is 1.64 bits per heavy atom. The van der Waals surface area contributed by atoms with Crippen LogP contribution >= 0.6 is 0 Å². The topological polar surface area (TPSA) is 47.0 Å². The van der Waals surface area contributed by atoms with E-state index >= 15 is 0 Å². The molecule has 0 aliphatic heterocycles. The van der Waals surface area contributed by atoms with Crippen molar-refractivity contribution in [2.24, 2.45) is 0 Å². The summed E-state index contributed by atoms with van der Waals surface area (Å²) in [6.07, 6.45) is 3.89. The third-order valence-electron chi connectivity index (χ3n) is 1.33. The maximum Gasteiger partial charge on any atom is 0.178 e. The van der Waals surface area contributed by atoms with Crippen LogP contribution in [0, 0.1) is 6.20 Å². The van der Waals surface area contributed by atoms with Crippen LogP contribution in [0.4, 0.5) is 0 Å². The van der Waals surface area contributed by atoms with Crippen molar-refractivity contribution in [3.8, 4) is 0 Å². The van der Waals surface area contributed by atoms with Gasteiger partial charge < -0.3 is 0 Å². The minimum atomic E-state index is -3.07. The summed E-state index contributed by atoms with van der Waals surface area (Å²) in [7, 11) is -3.07. The van der Waals surface area contributed by atoms with Crippen molar-refractivity contribution in [2.45, 2.75) is 11.8 Å². The lowest BCUT2D eigenvalue weighted by molar-refractivity contribution is 0.597. The van der Waals surface area contributed by atoms with E-state index in [1.165, 1.54) is 18.3 Å². The Balaban J connectivity index is 3.14. The van der Waals surface area contributed by atoms with Gasteiger partial charge in [-0.2, -0.15) is 0 Å². The zero-order chi connectivity index (χ0) is 8.32. The first-order chi connectivity index (χ1) is 5.17. The van der Waals surface area contributed by atoms with Crippen LogP contribution in [-0.2, 0) is 9.84 Å². The normalized spacial score (nSPS) is 11.4. The van der Waals surface area contributed by atoms with Crippen molar-refractivity contribution < 1.29 is 8.42 Å². The molecule has 1 heterocycles. The summed E-state index contributed by atoms with van der Waals surface area (Å²) in [5.41, 5.74) is 0. The van der Waals surface area contributed by atoms with Crippen LogP contribution in [0.3, 0.4) is 0 Å². The van der Waals surface area contributed by atoms with Crippen LogP contribution in [0.1, 0.15) is 6.92 Å². The zero-order valence-corrected chi connectivity index (χ0v) is 6.93. The van der Waals surface area contributed by atoms with Crippen LogP contribution in [-0.4, -0.2) is 19.2 Å². The molecule has 0 aliphatic rings. The first kappa shape index (κ1) is 8.20. The van der Waals surface area contributed by atoms with Gasteiger partial charge in [0.25, 0.3) is 0 Å². The number of hydrogen-bond donors (Lipinski definition) is 0. The third-order valence-corrected chi connectivity index (χ3v) is 3.07. The Bertz CT molecular complexity index is 318. The smallest absolute Gasteiger partial charge is 0.178 e. The van der Waals surface area contributed by atoms with E-state index in [-0.39, 0.29) is 10.6 Å². The van der Waals surface area contributed by atoms with Gasteiger partial charge in [-0.25, -0.2) is 8.42 Å². The van der Waals surface area contributed by atoms with Gasteiger partial charge in [0.15, 0.2) is 9.84 Å². The van der Waals surface area contributed by atoms with Gasteiger partial charge in [0, 0.05) is 6.20 Å². The van der Waals surface area contributed by atoms with Crippen molar-refractivity contribution in [1.29, 1.82) is 0 Å². The quantitative estimate of drug-likeness (QED) is 0.655. The van der Waals surface area contributed by atoms with Gasteiger partial charge in [-0.3, -0.25) is 4.98 Å². The number of rotatable bonds is 2. The molecule has 0 aliphatic carbocycles. The molecule has 0 bridgehead atoms. The Morgan fingerprint density at radius 2 is 2.36 bits per heavy atom. The Hall–Kier alpha value is -0.900. The first-order valence-corrected chi connectivity index (χ1v) is 4.87. The van der Waals surface area contributed by atoms with E-state index in [0.717, 1.165) is 0 Å². The summed E-state index contributed by atoms with van der Waals surface area (Å²) in [6, 6.07) is 2.84. The van der Waals surface area contributed by atoms with Gasteiger partial charge in [0.2, 0.25) is 0 Å². The van der Waals surface area contributed by atoms with Gasteiger partial charge in [-0.15, -0.1) is 0 Å². The van der Waals surface area contributed by atoms with E-state index in [4.69, 9.17) is 0 Å². The second-order valence-electron chi connectivity index (χ2n) is 2.02. The van der Waals surface area contributed by atoms with E-state index in [1.807, 2.05) is 0 Å². The molecule has 0 spiro atoms. The molecule has 0 aromatic carbocycles. The highest BCUT2D eigenvalue weighted by atomic mass is 32.2. The average molecular weight is 170 g/mol. The van der Waals surface area contributed by atoms with Crippen molar-refractivity contribution in [2.75, 3.05) is 5.75 Å². The molecule has 1 aromatic rings. The van der Waals surface area contributed by atoms with E-state index in [9.17, 15) is 8.42 Å². The lowest BCUT2D eigenvalue weighted by Gasteiger charge is -1.97. The first-order valence-electron chi connectivity index (χ1n) is 3.21. The number of pyridine rings is 1. The van der Waals surface area contributed by atoms with Gasteiger partial charge in [0.05, 0.1) is 16.8 Å². The summed E-state index contributed by atoms with van der Waals surface area (Å²) in [6.45, 7) is 1.61. The van der Waals surface area contributed by atoms with Crippen molar-refractivity contribution >= 4 is 9.84 Å². The van der Waals surface area contributed by atoms with E-state index < -0.39 is 9.84 Å². The molecule has 11 heavy (non-hydrogen) atoms. The number of nitrogens with zero attached hydrogens (tertiary/aromatic N) is 1. The molecule has 0 atom stereocenters. The van der Waals surface area contributed by atoms with Crippen molar-refractivity contribution in [1.82, 2.24) is 4.98 Å². The van der Waals surface area contributed by atoms with E-state index in [2.05, 4.69) is 11.2 Å². The van der Waals surface area contributed by atoms with Crippen LogP contribution < -0.4 is 0 Å². The SMILES string of the molecule is CCS(=O)(=O)c1c[c]ncc1. The molecule has 0 saturated heterocycles. The van der Waals surface area contributed by atoms with Gasteiger partial charge in [-0.05, 0) is 12.1 Å². The van der Waals surface area contributed by atoms with Crippen molar-refractivity contribution in [3.05, 3.63) is 24.5 Å². The van der Waals surface area contributed by atoms with Crippen LogP contribution in [0.5, 0.6) is 0 Å². The Kier molecular flexibility index (Phi) is 2.24. The van der Waals surface area contributed by atoms with Crippen LogP contribution in [0.25, 0.3) is 0 Å². The van der Waals surface area contributed by atoms with Crippen LogP contribution in [0.2, 0.25) is 0 Å². The summed E-state index contributed by atoms with van der Waals surface area (Å²) >= 11 is 0. The lowest BCUT2D eigenvalue weighted by atomic mass is 10.5. The van der Waals surface area contributed by atoms with Crippen molar-refractivity contribution in [3.63, 3.8) is 0 Å². The molecular weight excluding hydrogens is 162 g/mol. The van der Waals surface area contributed by atoms with Gasteiger partial charge in [-0.1, -0.05) is 6.92 Å². The molecular formula is C7H8NO2S.